The molecule has 0 spiro atoms. The first-order chi connectivity index (χ1) is 16.5. The summed E-state index contributed by atoms with van der Waals surface area (Å²) in [6.45, 7) is 0. The van der Waals surface area contributed by atoms with E-state index < -0.39 is 46.3 Å². The van der Waals surface area contributed by atoms with Crippen LogP contribution in [0.2, 0.25) is 10.2 Å². The Kier molecular flexibility index (Phi) is 6.52. The van der Waals surface area contributed by atoms with E-state index >= 15 is 0 Å². The maximum absolute atomic E-state index is 14.6. The van der Waals surface area contributed by atoms with Gasteiger partial charge in [0.2, 0.25) is 5.43 Å². The third-order valence-corrected chi connectivity index (χ3v) is 5.60. The van der Waals surface area contributed by atoms with Crippen molar-refractivity contribution in [2.24, 2.45) is 0 Å². The fourth-order valence-corrected chi connectivity index (χ4v) is 3.84. The zero-order chi connectivity index (χ0) is 25.5. The number of aromatic nitrogens is 2. The second kappa shape index (κ2) is 9.27. The molecule has 0 fully saturated rings. The van der Waals surface area contributed by atoms with Crippen molar-refractivity contribution < 1.29 is 26.7 Å². The molecule has 2 aromatic carbocycles. The molecule has 1 atom stereocenters. The van der Waals surface area contributed by atoms with Crippen LogP contribution in [0.3, 0.4) is 0 Å². The van der Waals surface area contributed by atoms with Gasteiger partial charge >= 0.3 is 6.18 Å². The molecule has 0 radical (unpaired) electrons. The smallest absolute Gasteiger partial charge is 0.336 e. The Morgan fingerprint density at radius 2 is 1.74 bits per heavy atom. The summed E-state index contributed by atoms with van der Waals surface area (Å²) in [7, 11) is 0. The van der Waals surface area contributed by atoms with E-state index in [4.69, 9.17) is 23.2 Å². The predicted octanol–water partition coefficient (Wildman–Crippen LogP) is 6.00. The SMILES string of the molecule is O=C(NC(c1ccccc1Cl)C(F)(F)F)c1cn(-c2ccc(F)cc2F)c2nc(Cl)ccc2c1=O. The van der Waals surface area contributed by atoms with Crippen LogP contribution in [0.4, 0.5) is 22.0 Å². The third-order valence-electron chi connectivity index (χ3n) is 5.05. The van der Waals surface area contributed by atoms with Gasteiger partial charge in [0.05, 0.1) is 11.1 Å². The van der Waals surface area contributed by atoms with Gasteiger partial charge in [0.1, 0.15) is 28.0 Å². The number of halogens is 7. The molecule has 35 heavy (non-hydrogen) atoms. The number of fused-ring (bicyclic) bond motifs is 1. The Morgan fingerprint density at radius 3 is 2.40 bits per heavy atom. The van der Waals surface area contributed by atoms with Gasteiger partial charge in [-0.15, -0.1) is 0 Å². The number of nitrogens with one attached hydrogen (secondary N) is 1. The summed E-state index contributed by atoms with van der Waals surface area (Å²) in [5, 5.41) is 1.22. The lowest BCUT2D eigenvalue weighted by Gasteiger charge is -2.23. The first-order valence-electron chi connectivity index (χ1n) is 9.76. The van der Waals surface area contributed by atoms with Gasteiger partial charge in [0.25, 0.3) is 5.91 Å². The van der Waals surface area contributed by atoms with Crippen LogP contribution in [-0.4, -0.2) is 21.6 Å². The minimum atomic E-state index is -4.96. The number of hydrogen-bond donors (Lipinski definition) is 1. The molecule has 0 aliphatic carbocycles. The Labute approximate surface area is 203 Å². The lowest BCUT2D eigenvalue weighted by atomic mass is 10.1. The zero-order valence-corrected chi connectivity index (χ0v) is 18.7. The van der Waals surface area contributed by atoms with Crippen molar-refractivity contribution in [2.45, 2.75) is 12.2 Å². The molecular weight excluding hydrogens is 516 g/mol. The molecule has 0 aliphatic heterocycles. The van der Waals surface area contributed by atoms with Crippen molar-refractivity contribution in [2.75, 3.05) is 0 Å². The van der Waals surface area contributed by atoms with Gasteiger partial charge in [-0.25, -0.2) is 13.8 Å². The number of alkyl halides is 3. The Bertz CT molecular complexity index is 1520. The molecule has 0 aliphatic rings. The van der Waals surface area contributed by atoms with Crippen molar-refractivity contribution in [1.29, 1.82) is 0 Å². The zero-order valence-electron chi connectivity index (χ0n) is 17.2. The maximum Gasteiger partial charge on any atom is 0.412 e. The fourth-order valence-electron chi connectivity index (χ4n) is 3.46. The van der Waals surface area contributed by atoms with Gasteiger partial charge in [-0.3, -0.25) is 14.2 Å². The lowest BCUT2D eigenvalue weighted by molar-refractivity contribution is -0.155. The average molecular weight is 528 g/mol. The normalized spacial score (nSPS) is 12.5. The van der Waals surface area contributed by atoms with Crippen LogP contribution >= 0.6 is 23.2 Å². The molecule has 1 N–H and O–H groups in total. The molecule has 12 heteroatoms. The highest BCUT2D eigenvalue weighted by molar-refractivity contribution is 6.31. The molecule has 2 heterocycles. The van der Waals surface area contributed by atoms with Gasteiger partial charge < -0.3 is 5.32 Å². The standard InChI is InChI=1S/C23H12Cl2F5N3O2/c24-15-4-2-1-3-12(15)20(23(28,29)30)32-22(35)14-10-33(17-7-5-11(26)9-16(17)27)21-13(19(14)34)6-8-18(25)31-21/h1-10,20H,(H,32,35). The highest BCUT2D eigenvalue weighted by Gasteiger charge is 2.43. The van der Waals surface area contributed by atoms with E-state index in [1.165, 1.54) is 30.3 Å². The van der Waals surface area contributed by atoms with Crippen LogP contribution in [0.25, 0.3) is 16.7 Å². The predicted molar refractivity (Wildman–Crippen MR) is 120 cm³/mol. The summed E-state index contributed by atoms with van der Waals surface area (Å²) in [4.78, 5) is 30.0. The van der Waals surface area contributed by atoms with Crippen molar-refractivity contribution in [1.82, 2.24) is 14.9 Å². The largest absolute Gasteiger partial charge is 0.412 e. The summed E-state index contributed by atoms with van der Waals surface area (Å²) in [5.41, 5.74) is -2.66. The summed E-state index contributed by atoms with van der Waals surface area (Å²) in [6, 6.07) is 7.39. The molecule has 0 saturated carbocycles. The van der Waals surface area contributed by atoms with E-state index in [9.17, 15) is 31.5 Å². The van der Waals surface area contributed by atoms with Crippen molar-refractivity contribution in [3.8, 4) is 5.69 Å². The number of rotatable bonds is 4. The van der Waals surface area contributed by atoms with Crippen LogP contribution < -0.4 is 10.7 Å². The van der Waals surface area contributed by atoms with Gasteiger partial charge in [0, 0.05) is 22.8 Å². The maximum atomic E-state index is 14.6. The van der Waals surface area contributed by atoms with Crippen LogP contribution in [0.5, 0.6) is 0 Å². The molecule has 0 saturated heterocycles. The number of hydrogen-bond acceptors (Lipinski definition) is 3. The molecule has 2 aromatic heterocycles. The van der Waals surface area contributed by atoms with E-state index in [0.29, 0.717) is 6.07 Å². The number of benzene rings is 2. The molecule has 1 amide bonds. The minimum absolute atomic E-state index is 0.0822. The van der Waals surface area contributed by atoms with Crippen LogP contribution in [0.15, 0.2) is 65.6 Å². The lowest BCUT2D eigenvalue weighted by Crippen LogP contribution is -2.40. The molecular formula is C23H12Cl2F5N3O2. The molecule has 4 rings (SSSR count). The molecule has 1 unspecified atom stereocenters. The summed E-state index contributed by atoms with van der Waals surface area (Å²) >= 11 is 11.8. The first kappa shape index (κ1) is 24.6. The van der Waals surface area contributed by atoms with Gasteiger partial charge in [-0.2, -0.15) is 13.2 Å². The molecule has 4 aromatic rings. The molecule has 180 valence electrons. The van der Waals surface area contributed by atoms with E-state index in [0.717, 1.165) is 29.0 Å². The highest BCUT2D eigenvalue weighted by Crippen LogP contribution is 2.36. The Hall–Kier alpha value is -3.50. The van der Waals surface area contributed by atoms with E-state index in [-0.39, 0.29) is 26.9 Å². The minimum Gasteiger partial charge on any atom is -0.336 e. The summed E-state index contributed by atoms with van der Waals surface area (Å²) in [6.07, 6.45) is -4.14. The number of carbonyl (C=O) groups is 1. The number of pyridine rings is 2. The van der Waals surface area contributed by atoms with E-state index in [1.807, 2.05) is 0 Å². The van der Waals surface area contributed by atoms with Crippen LogP contribution in [-0.2, 0) is 0 Å². The Balaban J connectivity index is 1.90. The summed E-state index contributed by atoms with van der Waals surface area (Å²) < 4.78 is 70.4. The quantitative estimate of drug-likeness (QED) is 0.261. The number of amides is 1. The van der Waals surface area contributed by atoms with Crippen molar-refractivity contribution in [3.05, 3.63) is 104 Å². The Morgan fingerprint density at radius 1 is 1.03 bits per heavy atom. The van der Waals surface area contributed by atoms with Crippen molar-refractivity contribution in [3.63, 3.8) is 0 Å². The van der Waals surface area contributed by atoms with Crippen LogP contribution in [0, 0.1) is 11.6 Å². The average Bonchev–Trinajstić information content (AvgIpc) is 2.78. The van der Waals surface area contributed by atoms with Crippen LogP contribution in [0.1, 0.15) is 22.0 Å². The summed E-state index contributed by atoms with van der Waals surface area (Å²) in [5.74, 6) is -3.37. The second-order valence-electron chi connectivity index (χ2n) is 7.31. The molecule has 5 nitrogen and oxygen atoms in total. The second-order valence-corrected chi connectivity index (χ2v) is 8.11. The van der Waals surface area contributed by atoms with E-state index in [1.54, 1.807) is 5.32 Å². The third kappa shape index (κ3) is 4.85. The van der Waals surface area contributed by atoms with Gasteiger partial charge in [-0.05, 0) is 30.3 Å². The molecule has 0 bridgehead atoms. The van der Waals surface area contributed by atoms with Gasteiger partial charge in [0.15, 0.2) is 6.04 Å². The number of nitrogens with zero attached hydrogens (tertiary/aromatic N) is 2. The first-order valence-corrected chi connectivity index (χ1v) is 10.5. The highest BCUT2D eigenvalue weighted by atomic mass is 35.5. The van der Waals surface area contributed by atoms with E-state index in [2.05, 4.69) is 4.98 Å². The van der Waals surface area contributed by atoms with Gasteiger partial charge in [-0.1, -0.05) is 41.4 Å². The topological polar surface area (TPSA) is 64.0 Å². The number of carbonyl (C=O) groups excluding carboxylic acids is 1. The monoisotopic (exact) mass is 527 g/mol. The fraction of sp³-hybridized carbons (Fsp3) is 0.0870. The van der Waals surface area contributed by atoms with Crippen molar-refractivity contribution >= 4 is 40.1 Å².